The molecular weight excluding hydrogens is 228 g/mol. The molecule has 0 radical (unpaired) electrons. The molecule has 0 aliphatic rings. The average molecular weight is 250 g/mol. The zero-order valence-corrected chi connectivity index (χ0v) is 11.3. The van der Waals surface area contributed by atoms with Crippen LogP contribution in [0.5, 0.6) is 0 Å². The highest BCUT2D eigenvalue weighted by molar-refractivity contribution is 5.78. The molecule has 0 bridgehead atoms. The first-order chi connectivity index (χ1) is 8.54. The zero-order chi connectivity index (χ0) is 13.5. The van der Waals surface area contributed by atoms with Gasteiger partial charge in [0.05, 0.1) is 19.2 Å². The Hall–Kier alpha value is -1.39. The molecule has 1 aromatic carbocycles. The van der Waals surface area contributed by atoms with Gasteiger partial charge in [-0.25, -0.2) is 0 Å². The Kier molecular flexibility index (Phi) is 5.82. The molecule has 0 aromatic heterocycles. The highest BCUT2D eigenvalue weighted by Gasteiger charge is 2.14. The first kappa shape index (κ1) is 14.7. The van der Waals surface area contributed by atoms with Gasteiger partial charge in [0.2, 0.25) is 5.91 Å². The third kappa shape index (κ3) is 4.47. The van der Waals surface area contributed by atoms with Crippen LogP contribution < -0.4 is 5.32 Å². The van der Waals surface area contributed by atoms with Crippen molar-refractivity contribution in [2.75, 3.05) is 20.2 Å². The molecule has 0 heterocycles. The summed E-state index contributed by atoms with van der Waals surface area (Å²) in [4.78, 5) is 13.6. The van der Waals surface area contributed by atoms with E-state index in [0.29, 0.717) is 6.54 Å². The third-order valence-electron chi connectivity index (χ3n) is 3.09. The van der Waals surface area contributed by atoms with E-state index in [2.05, 4.69) is 5.32 Å². The summed E-state index contributed by atoms with van der Waals surface area (Å²) in [7, 11) is 1.83. The lowest BCUT2D eigenvalue weighted by atomic mass is 10.1. The summed E-state index contributed by atoms with van der Waals surface area (Å²) in [5, 5.41) is 11.9. The average Bonchev–Trinajstić information content (AvgIpc) is 2.38. The fraction of sp³-hybridized carbons (Fsp3) is 0.500. The van der Waals surface area contributed by atoms with Crippen LogP contribution in [0.1, 0.15) is 25.5 Å². The van der Waals surface area contributed by atoms with Crippen LogP contribution in [-0.4, -0.2) is 42.2 Å². The number of carbonyl (C=O) groups excluding carboxylic acids is 1. The molecule has 0 fully saturated rings. The van der Waals surface area contributed by atoms with E-state index < -0.39 is 0 Å². The van der Waals surface area contributed by atoms with E-state index in [0.717, 1.165) is 5.56 Å². The number of nitrogens with zero attached hydrogens (tertiary/aromatic N) is 1. The van der Waals surface area contributed by atoms with Gasteiger partial charge in [-0.3, -0.25) is 9.69 Å². The normalized spacial score (nSPS) is 14.3. The number of hydrogen-bond donors (Lipinski definition) is 2. The largest absolute Gasteiger partial charge is 0.395 e. The van der Waals surface area contributed by atoms with Crippen molar-refractivity contribution in [1.29, 1.82) is 0 Å². The molecule has 0 aliphatic heterocycles. The topological polar surface area (TPSA) is 52.6 Å². The highest BCUT2D eigenvalue weighted by atomic mass is 16.3. The number of likely N-dealkylation sites (N-methyl/N-ethyl adjacent to an activating group) is 1. The van der Waals surface area contributed by atoms with Gasteiger partial charge in [-0.1, -0.05) is 30.3 Å². The van der Waals surface area contributed by atoms with E-state index in [1.165, 1.54) is 0 Å². The van der Waals surface area contributed by atoms with Crippen molar-refractivity contribution in [2.24, 2.45) is 0 Å². The predicted molar refractivity (Wildman–Crippen MR) is 72.2 cm³/mol. The summed E-state index contributed by atoms with van der Waals surface area (Å²) in [6, 6.07) is 9.83. The van der Waals surface area contributed by atoms with E-state index in [-0.39, 0.29) is 24.6 Å². The molecule has 2 unspecified atom stereocenters. The summed E-state index contributed by atoms with van der Waals surface area (Å²) in [6.45, 7) is 4.19. The molecule has 2 N–H and O–H groups in total. The second-order valence-corrected chi connectivity index (χ2v) is 4.65. The molecule has 1 rings (SSSR count). The summed E-state index contributed by atoms with van der Waals surface area (Å²) in [6.07, 6.45) is 0. The standard InChI is InChI=1S/C14H22N2O2/c1-11(10-17)16(3)9-14(18)15-12(2)13-7-5-4-6-8-13/h4-8,11-12,17H,9-10H2,1-3H3,(H,15,18). The first-order valence-corrected chi connectivity index (χ1v) is 6.20. The molecule has 4 heteroatoms. The number of amides is 1. The monoisotopic (exact) mass is 250 g/mol. The zero-order valence-electron chi connectivity index (χ0n) is 11.3. The summed E-state index contributed by atoms with van der Waals surface area (Å²) >= 11 is 0. The number of aliphatic hydroxyl groups is 1. The lowest BCUT2D eigenvalue weighted by Gasteiger charge is -2.23. The molecule has 0 aliphatic carbocycles. The lowest BCUT2D eigenvalue weighted by Crippen LogP contribution is -2.41. The number of rotatable bonds is 6. The summed E-state index contributed by atoms with van der Waals surface area (Å²) in [5.74, 6) is -0.0332. The molecular formula is C14H22N2O2. The number of aliphatic hydroxyl groups excluding tert-OH is 1. The molecule has 18 heavy (non-hydrogen) atoms. The van der Waals surface area contributed by atoms with Gasteiger partial charge in [0.15, 0.2) is 0 Å². The first-order valence-electron chi connectivity index (χ1n) is 6.20. The minimum absolute atomic E-state index is 0.00321. The minimum Gasteiger partial charge on any atom is -0.395 e. The Bertz CT molecular complexity index is 367. The van der Waals surface area contributed by atoms with Gasteiger partial charge in [-0.15, -0.1) is 0 Å². The van der Waals surface area contributed by atoms with Crippen molar-refractivity contribution >= 4 is 5.91 Å². The Morgan fingerprint density at radius 3 is 2.50 bits per heavy atom. The number of benzene rings is 1. The minimum atomic E-state index is -0.0332. The van der Waals surface area contributed by atoms with Gasteiger partial charge in [-0.05, 0) is 26.5 Å². The van der Waals surface area contributed by atoms with E-state index in [1.807, 2.05) is 56.1 Å². The smallest absolute Gasteiger partial charge is 0.234 e. The second-order valence-electron chi connectivity index (χ2n) is 4.65. The van der Waals surface area contributed by atoms with Crippen LogP contribution in [0.25, 0.3) is 0 Å². The van der Waals surface area contributed by atoms with Crippen molar-refractivity contribution < 1.29 is 9.90 Å². The second kappa shape index (κ2) is 7.13. The van der Waals surface area contributed by atoms with E-state index in [1.54, 1.807) is 0 Å². The van der Waals surface area contributed by atoms with Gasteiger partial charge in [0.25, 0.3) is 0 Å². The van der Waals surface area contributed by atoms with Crippen LogP contribution in [-0.2, 0) is 4.79 Å². The van der Waals surface area contributed by atoms with Gasteiger partial charge in [0.1, 0.15) is 0 Å². The Morgan fingerprint density at radius 1 is 1.33 bits per heavy atom. The quantitative estimate of drug-likeness (QED) is 0.797. The van der Waals surface area contributed by atoms with Crippen molar-refractivity contribution in [3.8, 4) is 0 Å². The van der Waals surface area contributed by atoms with E-state index >= 15 is 0 Å². The van der Waals surface area contributed by atoms with Crippen LogP contribution in [0.2, 0.25) is 0 Å². The van der Waals surface area contributed by atoms with Gasteiger partial charge >= 0.3 is 0 Å². The molecule has 0 saturated carbocycles. The molecule has 2 atom stereocenters. The fourth-order valence-electron chi connectivity index (χ4n) is 1.63. The van der Waals surface area contributed by atoms with Crippen LogP contribution in [0.4, 0.5) is 0 Å². The maximum absolute atomic E-state index is 11.8. The SMILES string of the molecule is CC(NC(=O)CN(C)C(C)CO)c1ccccc1. The molecule has 1 amide bonds. The fourth-order valence-corrected chi connectivity index (χ4v) is 1.63. The molecule has 100 valence electrons. The van der Waals surface area contributed by atoms with Crippen LogP contribution >= 0.6 is 0 Å². The van der Waals surface area contributed by atoms with Crippen molar-refractivity contribution in [1.82, 2.24) is 10.2 Å². The van der Waals surface area contributed by atoms with Gasteiger partial charge in [-0.2, -0.15) is 0 Å². The highest BCUT2D eigenvalue weighted by Crippen LogP contribution is 2.10. The molecule has 0 spiro atoms. The van der Waals surface area contributed by atoms with Gasteiger partial charge in [0, 0.05) is 6.04 Å². The number of carbonyl (C=O) groups is 1. The lowest BCUT2D eigenvalue weighted by molar-refractivity contribution is -0.123. The third-order valence-corrected chi connectivity index (χ3v) is 3.09. The van der Waals surface area contributed by atoms with Crippen LogP contribution in [0.3, 0.4) is 0 Å². The van der Waals surface area contributed by atoms with Crippen molar-refractivity contribution in [3.05, 3.63) is 35.9 Å². The van der Waals surface area contributed by atoms with Crippen molar-refractivity contribution in [3.63, 3.8) is 0 Å². The molecule has 1 aromatic rings. The van der Waals surface area contributed by atoms with E-state index in [9.17, 15) is 4.79 Å². The van der Waals surface area contributed by atoms with Gasteiger partial charge < -0.3 is 10.4 Å². The molecule has 4 nitrogen and oxygen atoms in total. The maximum Gasteiger partial charge on any atom is 0.234 e. The number of hydrogen-bond acceptors (Lipinski definition) is 3. The molecule has 0 saturated heterocycles. The summed E-state index contributed by atoms with van der Waals surface area (Å²) in [5.41, 5.74) is 1.09. The Balaban J connectivity index is 2.45. The van der Waals surface area contributed by atoms with Crippen LogP contribution in [0.15, 0.2) is 30.3 Å². The van der Waals surface area contributed by atoms with E-state index in [4.69, 9.17) is 5.11 Å². The maximum atomic E-state index is 11.8. The van der Waals surface area contributed by atoms with Crippen LogP contribution in [0, 0.1) is 0 Å². The van der Waals surface area contributed by atoms with Crippen molar-refractivity contribution in [2.45, 2.75) is 25.9 Å². The number of nitrogens with one attached hydrogen (secondary N) is 1. The Morgan fingerprint density at radius 2 is 1.94 bits per heavy atom. The predicted octanol–water partition coefficient (Wildman–Crippen LogP) is 1.18. The Labute approximate surface area is 109 Å². The summed E-state index contributed by atoms with van der Waals surface area (Å²) < 4.78 is 0.